The number of nitrogens with one attached hydrogen (secondary N) is 1. The minimum atomic E-state index is -1.08. The van der Waals surface area contributed by atoms with Crippen LogP contribution in [0.1, 0.15) is 21.6 Å². The van der Waals surface area contributed by atoms with Crippen molar-refractivity contribution in [2.45, 2.75) is 13.8 Å². The molecular formula is C14H12ClFN2O2. The highest BCUT2D eigenvalue weighted by Crippen LogP contribution is 2.25. The van der Waals surface area contributed by atoms with Crippen molar-refractivity contribution in [3.8, 4) is 0 Å². The molecule has 0 unspecified atom stereocenters. The van der Waals surface area contributed by atoms with E-state index in [4.69, 9.17) is 11.6 Å². The van der Waals surface area contributed by atoms with Gasteiger partial charge in [-0.05, 0) is 43.7 Å². The Labute approximate surface area is 120 Å². The minimum Gasteiger partial charge on any atom is -0.478 e. The number of carboxylic acid groups (broad SMARTS) is 1. The summed E-state index contributed by atoms with van der Waals surface area (Å²) in [6.07, 6.45) is 0. The Morgan fingerprint density at radius 2 is 2.05 bits per heavy atom. The van der Waals surface area contributed by atoms with Crippen LogP contribution < -0.4 is 5.32 Å². The fourth-order valence-corrected chi connectivity index (χ4v) is 2.09. The van der Waals surface area contributed by atoms with Gasteiger partial charge in [0.1, 0.15) is 17.2 Å². The molecule has 104 valence electrons. The second-order valence-electron chi connectivity index (χ2n) is 4.36. The van der Waals surface area contributed by atoms with Gasteiger partial charge in [0.05, 0.1) is 5.02 Å². The molecular weight excluding hydrogens is 283 g/mol. The lowest BCUT2D eigenvalue weighted by Crippen LogP contribution is -2.08. The standard InChI is InChI=1S/C14H12ClFN2O2/c1-7-5-8(2)17-13(12(7)14(19)20)18-9-3-4-11(16)10(15)6-9/h3-6H,1-2H3,(H,17,18)(H,19,20). The van der Waals surface area contributed by atoms with Gasteiger partial charge in [0.15, 0.2) is 0 Å². The first-order valence-electron chi connectivity index (χ1n) is 5.82. The maximum Gasteiger partial charge on any atom is 0.339 e. The molecule has 0 aliphatic heterocycles. The van der Waals surface area contributed by atoms with E-state index in [1.165, 1.54) is 18.2 Å². The smallest absolute Gasteiger partial charge is 0.339 e. The first-order chi connectivity index (χ1) is 9.38. The van der Waals surface area contributed by atoms with Crippen molar-refractivity contribution in [2.24, 2.45) is 0 Å². The van der Waals surface area contributed by atoms with Crippen LogP contribution in [0.4, 0.5) is 15.9 Å². The number of hydrogen-bond acceptors (Lipinski definition) is 3. The quantitative estimate of drug-likeness (QED) is 0.900. The van der Waals surface area contributed by atoms with E-state index in [9.17, 15) is 14.3 Å². The lowest BCUT2D eigenvalue weighted by atomic mass is 10.1. The van der Waals surface area contributed by atoms with E-state index in [1.807, 2.05) is 0 Å². The minimum absolute atomic E-state index is 0.0451. The van der Waals surface area contributed by atoms with Gasteiger partial charge in [-0.2, -0.15) is 0 Å². The van der Waals surface area contributed by atoms with Crippen molar-refractivity contribution in [2.75, 3.05) is 5.32 Å². The maximum absolute atomic E-state index is 13.1. The monoisotopic (exact) mass is 294 g/mol. The van der Waals surface area contributed by atoms with E-state index in [0.29, 0.717) is 16.9 Å². The third-order valence-corrected chi connectivity index (χ3v) is 3.03. The predicted octanol–water partition coefficient (Wildman–Crippen LogP) is 3.93. The highest BCUT2D eigenvalue weighted by atomic mass is 35.5. The molecule has 20 heavy (non-hydrogen) atoms. The molecule has 0 aliphatic carbocycles. The summed E-state index contributed by atoms with van der Waals surface area (Å²) >= 11 is 5.69. The van der Waals surface area contributed by atoms with Gasteiger partial charge in [0.2, 0.25) is 0 Å². The van der Waals surface area contributed by atoms with Gasteiger partial charge in [-0.25, -0.2) is 14.2 Å². The highest BCUT2D eigenvalue weighted by molar-refractivity contribution is 6.31. The zero-order valence-corrected chi connectivity index (χ0v) is 11.6. The van der Waals surface area contributed by atoms with Crippen molar-refractivity contribution in [3.63, 3.8) is 0 Å². The van der Waals surface area contributed by atoms with E-state index in [0.717, 1.165) is 0 Å². The molecule has 2 aromatic rings. The first kappa shape index (κ1) is 14.3. The molecule has 0 saturated carbocycles. The molecule has 2 rings (SSSR count). The molecule has 0 atom stereocenters. The Morgan fingerprint density at radius 1 is 1.35 bits per heavy atom. The number of nitrogens with zero attached hydrogens (tertiary/aromatic N) is 1. The number of benzene rings is 1. The van der Waals surface area contributed by atoms with Crippen LogP contribution in [0.25, 0.3) is 0 Å². The number of anilines is 2. The molecule has 0 bridgehead atoms. The number of aromatic carboxylic acids is 1. The molecule has 0 fully saturated rings. The fourth-order valence-electron chi connectivity index (χ4n) is 1.91. The molecule has 0 aliphatic rings. The van der Waals surface area contributed by atoms with Crippen LogP contribution in [0.15, 0.2) is 24.3 Å². The van der Waals surface area contributed by atoms with Gasteiger partial charge in [-0.1, -0.05) is 11.6 Å². The SMILES string of the molecule is Cc1cc(C)c(C(=O)O)c(Nc2ccc(F)c(Cl)c2)n1. The molecule has 4 nitrogen and oxygen atoms in total. The van der Waals surface area contributed by atoms with Crippen LogP contribution in [0, 0.1) is 19.7 Å². The lowest BCUT2D eigenvalue weighted by Gasteiger charge is -2.12. The van der Waals surface area contributed by atoms with Crippen molar-refractivity contribution < 1.29 is 14.3 Å². The zero-order valence-electron chi connectivity index (χ0n) is 10.9. The van der Waals surface area contributed by atoms with E-state index in [2.05, 4.69) is 10.3 Å². The maximum atomic E-state index is 13.1. The molecule has 0 radical (unpaired) electrons. The molecule has 0 spiro atoms. The molecule has 6 heteroatoms. The Bertz CT molecular complexity index is 689. The Morgan fingerprint density at radius 3 is 2.65 bits per heavy atom. The molecule has 2 N–H and O–H groups in total. The van der Waals surface area contributed by atoms with Crippen molar-refractivity contribution in [3.05, 3.63) is 51.9 Å². The van der Waals surface area contributed by atoms with E-state index in [1.54, 1.807) is 19.9 Å². The number of hydrogen-bond donors (Lipinski definition) is 2. The third kappa shape index (κ3) is 2.88. The van der Waals surface area contributed by atoms with E-state index in [-0.39, 0.29) is 16.4 Å². The summed E-state index contributed by atoms with van der Waals surface area (Å²) in [5, 5.41) is 12.1. The van der Waals surface area contributed by atoms with Crippen LogP contribution >= 0.6 is 11.6 Å². The molecule has 0 amide bonds. The third-order valence-electron chi connectivity index (χ3n) is 2.74. The predicted molar refractivity (Wildman–Crippen MR) is 75.4 cm³/mol. The molecule has 0 saturated heterocycles. The van der Waals surface area contributed by atoms with Crippen LogP contribution in [0.2, 0.25) is 5.02 Å². The van der Waals surface area contributed by atoms with E-state index < -0.39 is 11.8 Å². The normalized spacial score (nSPS) is 10.4. The van der Waals surface area contributed by atoms with Crippen molar-refractivity contribution >= 4 is 29.1 Å². The van der Waals surface area contributed by atoms with Gasteiger partial charge >= 0.3 is 5.97 Å². The Balaban J connectivity index is 2.47. The summed E-state index contributed by atoms with van der Waals surface area (Å²) < 4.78 is 13.1. The number of pyridine rings is 1. The summed E-state index contributed by atoms with van der Waals surface area (Å²) in [6.45, 7) is 3.46. The summed E-state index contributed by atoms with van der Waals surface area (Å²) in [5.74, 6) is -1.41. The van der Waals surface area contributed by atoms with Gasteiger partial charge in [-0.15, -0.1) is 0 Å². The average Bonchev–Trinajstić information content (AvgIpc) is 2.32. The van der Waals surface area contributed by atoms with Crippen LogP contribution in [0.3, 0.4) is 0 Å². The second-order valence-corrected chi connectivity index (χ2v) is 4.77. The van der Waals surface area contributed by atoms with Gasteiger partial charge < -0.3 is 10.4 Å². The first-order valence-corrected chi connectivity index (χ1v) is 6.20. The molecule has 1 aromatic carbocycles. The number of carbonyl (C=O) groups is 1. The zero-order chi connectivity index (χ0) is 14.9. The van der Waals surface area contributed by atoms with Crippen LogP contribution in [-0.2, 0) is 0 Å². The number of halogens is 2. The number of aromatic nitrogens is 1. The average molecular weight is 295 g/mol. The summed E-state index contributed by atoms with van der Waals surface area (Å²) in [7, 11) is 0. The van der Waals surface area contributed by atoms with Crippen LogP contribution in [0.5, 0.6) is 0 Å². The van der Waals surface area contributed by atoms with Gasteiger partial charge in [0.25, 0.3) is 0 Å². The van der Waals surface area contributed by atoms with E-state index >= 15 is 0 Å². The summed E-state index contributed by atoms with van der Waals surface area (Å²) in [6, 6.07) is 5.73. The van der Waals surface area contributed by atoms with Gasteiger partial charge in [0, 0.05) is 11.4 Å². The highest BCUT2D eigenvalue weighted by Gasteiger charge is 2.16. The molecule has 1 aromatic heterocycles. The second kappa shape index (κ2) is 5.46. The van der Waals surface area contributed by atoms with Crippen molar-refractivity contribution in [1.82, 2.24) is 4.98 Å². The fraction of sp³-hybridized carbons (Fsp3) is 0.143. The number of carboxylic acids is 1. The molecule has 1 heterocycles. The largest absolute Gasteiger partial charge is 0.478 e. The number of rotatable bonds is 3. The number of aryl methyl sites for hydroxylation is 2. The van der Waals surface area contributed by atoms with Crippen molar-refractivity contribution in [1.29, 1.82) is 0 Å². The lowest BCUT2D eigenvalue weighted by molar-refractivity contribution is 0.0697. The summed E-state index contributed by atoms with van der Waals surface area (Å²) in [5.41, 5.74) is 1.83. The van der Waals surface area contributed by atoms with Gasteiger partial charge in [-0.3, -0.25) is 0 Å². The topological polar surface area (TPSA) is 62.2 Å². The Kier molecular flexibility index (Phi) is 3.90. The summed E-state index contributed by atoms with van der Waals surface area (Å²) in [4.78, 5) is 15.5. The Hall–Kier alpha value is -2.14. The van der Waals surface area contributed by atoms with Crippen LogP contribution in [-0.4, -0.2) is 16.1 Å².